The molecule has 82 valence electrons. The van der Waals surface area contributed by atoms with Crippen molar-refractivity contribution in [3.63, 3.8) is 0 Å². The van der Waals surface area contributed by atoms with E-state index in [4.69, 9.17) is 0 Å². The van der Waals surface area contributed by atoms with Gasteiger partial charge in [0.2, 0.25) is 5.91 Å². The van der Waals surface area contributed by atoms with E-state index in [9.17, 15) is 9.59 Å². The van der Waals surface area contributed by atoms with Crippen LogP contribution >= 0.6 is 11.3 Å². The summed E-state index contributed by atoms with van der Waals surface area (Å²) in [4.78, 5) is 26.9. The van der Waals surface area contributed by atoms with Crippen LogP contribution in [0.2, 0.25) is 0 Å². The van der Waals surface area contributed by atoms with E-state index < -0.39 is 5.54 Å². The van der Waals surface area contributed by atoms with Crippen LogP contribution in [0.3, 0.4) is 0 Å². The summed E-state index contributed by atoms with van der Waals surface area (Å²) >= 11 is 1.34. The van der Waals surface area contributed by atoms with E-state index in [1.807, 2.05) is 0 Å². The van der Waals surface area contributed by atoms with Crippen molar-refractivity contribution in [1.82, 2.24) is 15.6 Å². The highest BCUT2D eigenvalue weighted by Crippen LogP contribution is 2.06. The minimum atomic E-state index is -0.935. The fourth-order valence-corrected chi connectivity index (χ4v) is 1.57. The van der Waals surface area contributed by atoms with Crippen molar-refractivity contribution in [2.75, 3.05) is 7.05 Å². The lowest BCUT2D eigenvalue weighted by molar-refractivity contribution is -0.125. The molecule has 1 rings (SSSR count). The van der Waals surface area contributed by atoms with Gasteiger partial charge in [-0.25, -0.2) is 4.98 Å². The standard InChI is InChI=1S/C9H13N3O2S/c1-9(2,8(14)10-3)12-7(13)6-4-15-5-11-6/h4-5H,1-3H3,(H,10,14)(H,12,13). The molecule has 5 nitrogen and oxygen atoms in total. The first-order valence-electron chi connectivity index (χ1n) is 4.40. The van der Waals surface area contributed by atoms with Crippen LogP contribution in [0.4, 0.5) is 0 Å². The zero-order valence-corrected chi connectivity index (χ0v) is 9.64. The molecule has 0 aliphatic heterocycles. The second-order valence-electron chi connectivity index (χ2n) is 3.53. The summed E-state index contributed by atoms with van der Waals surface area (Å²) < 4.78 is 0. The van der Waals surface area contributed by atoms with Gasteiger partial charge in [-0.05, 0) is 13.8 Å². The molecule has 0 saturated heterocycles. The maximum atomic E-state index is 11.6. The molecule has 0 atom stereocenters. The van der Waals surface area contributed by atoms with Gasteiger partial charge in [-0.15, -0.1) is 11.3 Å². The highest BCUT2D eigenvalue weighted by molar-refractivity contribution is 7.07. The predicted molar refractivity (Wildman–Crippen MR) is 57.7 cm³/mol. The molecule has 2 N–H and O–H groups in total. The number of carbonyl (C=O) groups excluding carboxylic acids is 2. The molecular weight excluding hydrogens is 214 g/mol. The number of hydrogen-bond acceptors (Lipinski definition) is 4. The van der Waals surface area contributed by atoms with E-state index in [0.29, 0.717) is 5.69 Å². The van der Waals surface area contributed by atoms with Crippen LogP contribution in [0.25, 0.3) is 0 Å². The zero-order chi connectivity index (χ0) is 11.5. The molecule has 1 aromatic heterocycles. The maximum Gasteiger partial charge on any atom is 0.271 e. The third-order valence-corrected chi connectivity index (χ3v) is 2.47. The Balaban J connectivity index is 2.70. The molecule has 0 spiro atoms. The Morgan fingerprint density at radius 2 is 2.13 bits per heavy atom. The number of rotatable bonds is 3. The average molecular weight is 227 g/mol. The van der Waals surface area contributed by atoms with Gasteiger partial charge in [0.15, 0.2) is 0 Å². The first-order chi connectivity index (χ1) is 6.97. The first kappa shape index (κ1) is 11.6. The molecule has 0 unspecified atom stereocenters. The van der Waals surface area contributed by atoms with E-state index in [0.717, 1.165) is 0 Å². The molecule has 0 fully saturated rings. The molecule has 1 heterocycles. The summed E-state index contributed by atoms with van der Waals surface area (Å²) in [5.74, 6) is -0.587. The van der Waals surface area contributed by atoms with Crippen LogP contribution in [0.1, 0.15) is 24.3 Å². The third kappa shape index (κ3) is 2.76. The Bertz CT molecular complexity index is 359. The van der Waals surface area contributed by atoms with Crippen molar-refractivity contribution in [2.45, 2.75) is 19.4 Å². The van der Waals surface area contributed by atoms with Crippen LogP contribution in [0, 0.1) is 0 Å². The van der Waals surface area contributed by atoms with Crippen LogP contribution in [-0.4, -0.2) is 29.4 Å². The van der Waals surface area contributed by atoms with Gasteiger partial charge in [0.05, 0.1) is 5.51 Å². The summed E-state index contributed by atoms with van der Waals surface area (Å²) in [6.45, 7) is 3.27. The van der Waals surface area contributed by atoms with Gasteiger partial charge in [-0.1, -0.05) is 0 Å². The Labute approximate surface area is 91.9 Å². The largest absolute Gasteiger partial charge is 0.357 e. The van der Waals surface area contributed by atoms with Crippen molar-refractivity contribution >= 4 is 23.2 Å². The van der Waals surface area contributed by atoms with Gasteiger partial charge in [0.25, 0.3) is 5.91 Å². The summed E-state index contributed by atoms with van der Waals surface area (Å²) in [6.07, 6.45) is 0. The number of nitrogens with one attached hydrogen (secondary N) is 2. The fraction of sp³-hybridized carbons (Fsp3) is 0.444. The van der Waals surface area contributed by atoms with Crippen LogP contribution in [-0.2, 0) is 4.79 Å². The monoisotopic (exact) mass is 227 g/mol. The molecule has 0 aliphatic carbocycles. The minimum Gasteiger partial charge on any atom is -0.357 e. The number of likely N-dealkylation sites (N-methyl/N-ethyl adjacent to an activating group) is 1. The number of carbonyl (C=O) groups is 2. The van der Waals surface area contributed by atoms with Crippen LogP contribution in [0.15, 0.2) is 10.9 Å². The molecule has 0 radical (unpaired) electrons. The van der Waals surface area contributed by atoms with Crippen LogP contribution < -0.4 is 10.6 Å². The number of nitrogens with zero attached hydrogens (tertiary/aromatic N) is 1. The Morgan fingerprint density at radius 1 is 1.47 bits per heavy atom. The van der Waals surface area contributed by atoms with Gasteiger partial charge in [0, 0.05) is 12.4 Å². The second-order valence-corrected chi connectivity index (χ2v) is 4.25. The van der Waals surface area contributed by atoms with E-state index in [1.165, 1.54) is 18.4 Å². The Morgan fingerprint density at radius 3 is 2.60 bits per heavy atom. The zero-order valence-electron chi connectivity index (χ0n) is 8.83. The lowest BCUT2D eigenvalue weighted by Gasteiger charge is -2.23. The van der Waals surface area contributed by atoms with Crippen molar-refractivity contribution < 1.29 is 9.59 Å². The van der Waals surface area contributed by atoms with Crippen LogP contribution in [0.5, 0.6) is 0 Å². The smallest absolute Gasteiger partial charge is 0.271 e. The SMILES string of the molecule is CNC(=O)C(C)(C)NC(=O)c1cscn1. The lowest BCUT2D eigenvalue weighted by atomic mass is 10.0. The topological polar surface area (TPSA) is 71.1 Å². The summed E-state index contributed by atoms with van der Waals surface area (Å²) in [5, 5.41) is 6.72. The molecule has 0 saturated carbocycles. The third-order valence-electron chi connectivity index (χ3n) is 1.89. The molecule has 6 heteroatoms. The van der Waals surface area contributed by atoms with Gasteiger partial charge in [-0.3, -0.25) is 9.59 Å². The van der Waals surface area contributed by atoms with E-state index >= 15 is 0 Å². The lowest BCUT2D eigenvalue weighted by Crippen LogP contribution is -2.54. The van der Waals surface area contributed by atoms with E-state index in [-0.39, 0.29) is 11.8 Å². The molecule has 0 aliphatic rings. The predicted octanol–water partition coefficient (Wildman–Crippen LogP) is 0.397. The highest BCUT2D eigenvalue weighted by Gasteiger charge is 2.29. The van der Waals surface area contributed by atoms with Crippen molar-refractivity contribution in [3.8, 4) is 0 Å². The minimum absolute atomic E-state index is 0.244. The quantitative estimate of drug-likeness (QED) is 0.785. The maximum absolute atomic E-state index is 11.6. The molecule has 1 aromatic rings. The number of amides is 2. The van der Waals surface area contributed by atoms with Crippen molar-refractivity contribution in [1.29, 1.82) is 0 Å². The van der Waals surface area contributed by atoms with Gasteiger partial charge < -0.3 is 10.6 Å². The van der Waals surface area contributed by atoms with E-state index in [1.54, 1.807) is 24.7 Å². The van der Waals surface area contributed by atoms with Gasteiger partial charge in [-0.2, -0.15) is 0 Å². The average Bonchev–Trinajstić information content (AvgIpc) is 2.68. The molecule has 2 amide bonds. The number of hydrogen-bond donors (Lipinski definition) is 2. The highest BCUT2D eigenvalue weighted by atomic mass is 32.1. The molecule has 0 aromatic carbocycles. The normalized spacial score (nSPS) is 10.9. The number of aromatic nitrogens is 1. The Kier molecular flexibility index (Phi) is 3.41. The van der Waals surface area contributed by atoms with Gasteiger partial charge in [0.1, 0.15) is 11.2 Å². The first-order valence-corrected chi connectivity index (χ1v) is 5.34. The van der Waals surface area contributed by atoms with Crippen molar-refractivity contribution in [3.05, 3.63) is 16.6 Å². The molecular formula is C9H13N3O2S. The van der Waals surface area contributed by atoms with E-state index in [2.05, 4.69) is 15.6 Å². The summed E-state index contributed by atoms with van der Waals surface area (Å²) in [6, 6.07) is 0. The Hall–Kier alpha value is -1.43. The molecule has 0 bridgehead atoms. The number of thiazole rings is 1. The fourth-order valence-electron chi connectivity index (χ4n) is 1.04. The van der Waals surface area contributed by atoms with Gasteiger partial charge >= 0.3 is 0 Å². The van der Waals surface area contributed by atoms with Crippen molar-refractivity contribution in [2.24, 2.45) is 0 Å². The summed E-state index contributed by atoms with van der Waals surface area (Å²) in [5.41, 5.74) is 0.967. The summed E-state index contributed by atoms with van der Waals surface area (Å²) in [7, 11) is 1.53. The second kappa shape index (κ2) is 4.39. The molecule has 15 heavy (non-hydrogen) atoms.